The maximum absolute atomic E-state index is 11.8. The molecule has 1 aliphatic rings. The number of rotatable bonds is 4. The van der Waals surface area contributed by atoms with Crippen LogP contribution in [0.25, 0.3) is 0 Å². The topological polar surface area (TPSA) is 55.4 Å². The zero-order valence-electron chi connectivity index (χ0n) is 12.1. The van der Waals surface area contributed by atoms with Crippen LogP contribution in [0.5, 0.6) is 0 Å². The van der Waals surface area contributed by atoms with E-state index in [9.17, 15) is 9.59 Å². The minimum atomic E-state index is -0.831. The fraction of sp³-hybridized carbons (Fsp3) is 0.857. The van der Waals surface area contributed by atoms with Gasteiger partial charge in [0.05, 0.1) is 0 Å². The van der Waals surface area contributed by atoms with Crippen molar-refractivity contribution in [2.24, 2.45) is 5.41 Å². The predicted molar refractivity (Wildman–Crippen MR) is 70.4 cm³/mol. The van der Waals surface area contributed by atoms with Crippen molar-refractivity contribution in [1.29, 1.82) is 0 Å². The standard InChI is InChI=1S/C14H25NO3/c1-6-14(8-7-9-14)13(5,10-16)15-11(17)18-12(2,3)4/h10H,6-9H2,1-5H3,(H,15,17). The van der Waals surface area contributed by atoms with Gasteiger partial charge in [0.25, 0.3) is 0 Å². The summed E-state index contributed by atoms with van der Waals surface area (Å²) in [5, 5.41) is 2.76. The Kier molecular flexibility index (Phi) is 4.08. The second-order valence-corrected chi connectivity index (χ2v) is 6.43. The Labute approximate surface area is 109 Å². The summed E-state index contributed by atoms with van der Waals surface area (Å²) < 4.78 is 5.23. The van der Waals surface area contributed by atoms with Gasteiger partial charge in [0.15, 0.2) is 0 Å². The van der Waals surface area contributed by atoms with Crippen LogP contribution in [0.1, 0.15) is 60.3 Å². The summed E-state index contributed by atoms with van der Waals surface area (Å²) in [6.07, 6.45) is 4.31. The normalized spacial score (nSPS) is 21.4. The fourth-order valence-electron chi connectivity index (χ4n) is 2.65. The summed E-state index contributed by atoms with van der Waals surface area (Å²) in [6.45, 7) is 9.29. The van der Waals surface area contributed by atoms with Crippen LogP contribution in [0, 0.1) is 5.41 Å². The Bertz CT molecular complexity index is 323. The monoisotopic (exact) mass is 255 g/mol. The van der Waals surface area contributed by atoms with Crippen LogP contribution < -0.4 is 5.32 Å². The summed E-state index contributed by atoms with van der Waals surface area (Å²) in [5.74, 6) is 0. The van der Waals surface area contributed by atoms with E-state index in [0.29, 0.717) is 0 Å². The average molecular weight is 255 g/mol. The molecule has 1 aliphatic carbocycles. The van der Waals surface area contributed by atoms with Gasteiger partial charge in [-0.15, -0.1) is 0 Å². The maximum atomic E-state index is 11.8. The number of alkyl carbamates (subject to hydrolysis) is 1. The first-order chi connectivity index (χ1) is 8.18. The SMILES string of the molecule is CCC1(C(C)(C=O)NC(=O)OC(C)(C)C)CCC1. The van der Waals surface area contributed by atoms with Crippen LogP contribution >= 0.6 is 0 Å². The molecule has 1 rings (SSSR count). The Morgan fingerprint density at radius 3 is 2.17 bits per heavy atom. The molecule has 4 nitrogen and oxygen atoms in total. The third-order valence-corrected chi connectivity index (χ3v) is 4.09. The first kappa shape index (κ1) is 15.0. The molecule has 0 heterocycles. The molecule has 0 bridgehead atoms. The number of carbonyl (C=O) groups excluding carboxylic acids is 2. The molecular formula is C14H25NO3. The van der Waals surface area contributed by atoms with Crippen LogP contribution in [0.4, 0.5) is 4.79 Å². The van der Waals surface area contributed by atoms with Crippen molar-refractivity contribution in [2.45, 2.75) is 71.4 Å². The molecule has 0 saturated heterocycles. The molecule has 104 valence electrons. The lowest BCUT2D eigenvalue weighted by atomic mass is 9.56. The molecule has 1 N–H and O–H groups in total. The van der Waals surface area contributed by atoms with Crippen molar-refractivity contribution < 1.29 is 14.3 Å². The summed E-state index contributed by atoms with van der Waals surface area (Å²) in [6, 6.07) is 0. The second-order valence-electron chi connectivity index (χ2n) is 6.43. The molecule has 1 amide bonds. The van der Waals surface area contributed by atoms with Gasteiger partial charge in [-0.2, -0.15) is 0 Å². The number of ether oxygens (including phenoxy) is 1. The minimum Gasteiger partial charge on any atom is -0.444 e. The van der Waals surface area contributed by atoms with Gasteiger partial charge in [-0.1, -0.05) is 13.3 Å². The first-order valence-electron chi connectivity index (χ1n) is 6.65. The molecule has 0 aromatic carbocycles. The molecule has 18 heavy (non-hydrogen) atoms. The number of amides is 1. The van der Waals surface area contributed by atoms with Crippen molar-refractivity contribution >= 4 is 12.4 Å². The summed E-state index contributed by atoms with van der Waals surface area (Å²) >= 11 is 0. The zero-order chi connectivity index (χ0) is 14.0. The molecule has 1 unspecified atom stereocenters. The van der Waals surface area contributed by atoms with Gasteiger partial charge >= 0.3 is 6.09 Å². The van der Waals surface area contributed by atoms with Gasteiger partial charge < -0.3 is 14.8 Å². The highest BCUT2D eigenvalue weighted by Gasteiger charge is 2.52. The second kappa shape index (κ2) is 4.90. The van der Waals surface area contributed by atoms with Crippen LogP contribution in [0.2, 0.25) is 0 Å². The van der Waals surface area contributed by atoms with E-state index < -0.39 is 17.2 Å². The predicted octanol–water partition coefficient (Wildman–Crippen LogP) is 3.05. The Morgan fingerprint density at radius 2 is 1.89 bits per heavy atom. The third-order valence-electron chi connectivity index (χ3n) is 4.09. The maximum Gasteiger partial charge on any atom is 0.408 e. The average Bonchev–Trinajstić information content (AvgIpc) is 2.13. The van der Waals surface area contributed by atoms with Crippen molar-refractivity contribution in [3.63, 3.8) is 0 Å². The largest absolute Gasteiger partial charge is 0.444 e. The highest BCUT2D eigenvalue weighted by atomic mass is 16.6. The fourth-order valence-corrected chi connectivity index (χ4v) is 2.65. The molecule has 0 radical (unpaired) electrons. The van der Waals surface area contributed by atoms with E-state index in [4.69, 9.17) is 4.74 Å². The van der Waals surface area contributed by atoms with Crippen LogP contribution in [0.15, 0.2) is 0 Å². The molecule has 0 spiro atoms. The van der Waals surface area contributed by atoms with Crippen LogP contribution in [-0.2, 0) is 9.53 Å². The zero-order valence-corrected chi connectivity index (χ0v) is 12.1. The van der Waals surface area contributed by atoms with E-state index in [2.05, 4.69) is 12.2 Å². The highest BCUT2D eigenvalue weighted by Crippen LogP contribution is 2.51. The molecule has 0 aromatic rings. The van der Waals surface area contributed by atoms with E-state index >= 15 is 0 Å². The lowest BCUT2D eigenvalue weighted by molar-refractivity contribution is -0.122. The molecule has 0 aliphatic heterocycles. The van der Waals surface area contributed by atoms with Gasteiger partial charge in [0.2, 0.25) is 0 Å². The quantitative estimate of drug-likeness (QED) is 0.785. The van der Waals surface area contributed by atoms with Crippen molar-refractivity contribution in [3.05, 3.63) is 0 Å². The number of hydrogen-bond donors (Lipinski definition) is 1. The van der Waals surface area contributed by atoms with E-state index in [1.54, 1.807) is 6.92 Å². The number of hydrogen-bond acceptors (Lipinski definition) is 3. The van der Waals surface area contributed by atoms with E-state index in [1.807, 2.05) is 20.8 Å². The van der Waals surface area contributed by atoms with Crippen molar-refractivity contribution in [3.8, 4) is 0 Å². The van der Waals surface area contributed by atoms with E-state index in [0.717, 1.165) is 32.0 Å². The van der Waals surface area contributed by atoms with Gasteiger partial charge in [-0.05, 0) is 52.4 Å². The lowest BCUT2D eigenvalue weighted by Gasteiger charge is -2.51. The summed E-state index contributed by atoms with van der Waals surface area (Å²) in [5.41, 5.74) is -1.49. The number of nitrogens with one attached hydrogen (secondary N) is 1. The number of carbonyl (C=O) groups is 2. The van der Waals surface area contributed by atoms with Gasteiger partial charge in [-0.3, -0.25) is 0 Å². The Hall–Kier alpha value is -1.06. The minimum absolute atomic E-state index is 0.106. The van der Waals surface area contributed by atoms with Gasteiger partial charge in [-0.25, -0.2) is 4.79 Å². The molecule has 1 fully saturated rings. The molecule has 4 heteroatoms. The Morgan fingerprint density at radius 1 is 1.33 bits per heavy atom. The molecular weight excluding hydrogens is 230 g/mol. The third kappa shape index (κ3) is 2.85. The van der Waals surface area contributed by atoms with Gasteiger partial charge in [0.1, 0.15) is 17.4 Å². The van der Waals surface area contributed by atoms with Crippen LogP contribution in [-0.4, -0.2) is 23.5 Å². The molecule has 1 saturated carbocycles. The molecule has 0 aromatic heterocycles. The van der Waals surface area contributed by atoms with Crippen molar-refractivity contribution in [1.82, 2.24) is 5.32 Å². The van der Waals surface area contributed by atoms with Crippen molar-refractivity contribution in [2.75, 3.05) is 0 Å². The lowest BCUT2D eigenvalue weighted by Crippen LogP contribution is -2.62. The number of aldehydes is 1. The smallest absolute Gasteiger partial charge is 0.408 e. The Balaban J connectivity index is 2.77. The van der Waals surface area contributed by atoms with Crippen LogP contribution in [0.3, 0.4) is 0 Å². The first-order valence-corrected chi connectivity index (χ1v) is 6.65. The molecule has 1 atom stereocenters. The highest BCUT2D eigenvalue weighted by molar-refractivity contribution is 5.77. The summed E-state index contributed by atoms with van der Waals surface area (Å²) in [4.78, 5) is 23.3. The van der Waals surface area contributed by atoms with E-state index in [-0.39, 0.29) is 5.41 Å². The van der Waals surface area contributed by atoms with Gasteiger partial charge in [0, 0.05) is 0 Å². The summed E-state index contributed by atoms with van der Waals surface area (Å²) in [7, 11) is 0. The van der Waals surface area contributed by atoms with E-state index in [1.165, 1.54) is 0 Å².